The van der Waals surface area contributed by atoms with E-state index in [1.54, 1.807) is 24.3 Å². The summed E-state index contributed by atoms with van der Waals surface area (Å²) in [5, 5.41) is 8.18. The third kappa shape index (κ3) is 4.88. The van der Waals surface area contributed by atoms with Crippen LogP contribution in [-0.4, -0.2) is 16.8 Å². The molecule has 0 atom stereocenters. The van der Waals surface area contributed by atoms with Gasteiger partial charge in [-0.25, -0.2) is 13.8 Å². The number of anilines is 4. The number of carbonyl (C=O) groups is 2. The zero-order valence-corrected chi connectivity index (χ0v) is 14.8. The van der Waals surface area contributed by atoms with E-state index in [1.807, 2.05) is 0 Å². The van der Waals surface area contributed by atoms with Crippen LogP contribution in [0.25, 0.3) is 0 Å². The predicted octanol–water partition coefficient (Wildman–Crippen LogP) is 4.31. The Morgan fingerprint density at radius 1 is 0.857 bits per heavy atom. The number of amides is 2. The SMILES string of the molecule is CC(=O)Nc1cccc(NC(=O)c2ccnc(Nc3ccc(F)c(F)c3)c2)c1. The van der Waals surface area contributed by atoms with Gasteiger partial charge >= 0.3 is 0 Å². The number of nitrogens with one attached hydrogen (secondary N) is 3. The van der Waals surface area contributed by atoms with Gasteiger partial charge in [0.1, 0.15) is 5.82 Å². The van der Waals surface area contributed by atoms with Gasteiger partial charge in [0.2, 0.25) is 5.91 Å². The molecule has 0 bridgehead atoms. The lowest BCUT2D eigenvalue weighted by molar-refractivity contribution is -0.114. The highest BCUT2D eigenvalue weighted by molar-refractivity contribution is 6.05. The number of nitrogens with zero attached hydrogens (tertiary/aromatic N) is 1. The Hall–Kier alpha value is -3.81. The van der Waals surface area contributed by atoms with Gasteiger partial charge in [0.05, 0.1) is 0 Å². The maximum Gasteiger partial charge on any atom is 0.255 e. The molecule has 2 amide bonds. The van der Waals surface area contributed by atoms with Crippen molar-refractivity contribution in [1.29, 1.82) is 0 Å². The lowest BCUT2D eigenvalue weighted by Crippen LogP contribution is -2.13. The molecule has 3 aromatic rings. The van der Waals surface area contributed by atoms with Crippen molar-refractivity contribution < 1.29 is 18.4 Å². The van der Waals surface area contributed by atoms with Gasteiger partial charge in [-0.15, -0.1) is 0 Å². The van der Waals surface area contributed by atoms with E-state index >= 15 is 0 Å². The van der Waals surface area contributed by atoms with Crippen LogP contribution < -0.4 is 16.0 Å². The smallest absolute Gasteiger partial charge is 0.255 e. The Labute approximate surface area is 159 Å². The Kier molecular flexibility index (Phi) is 5.59. The molecule has 0 fully saturated rings. The first-order valence-corrected chi connectivity index (χ1v) is 8.28. The minimum atomic E-state index is -0.988. The van der Waals surface area contributed by atoms with Gasteiger partial charge in [0.25, 0.3) is 5.91 Å². The summed E-state index contributed by atoms with van der Waals surface area (Å²) in [5.74, 6) is -2.25. The summed E-state index contributed by atoms with van der Waals surface area (Å²) in [6.45, 7) is 1.39. The normalized spacial score (nSPS) is 10.2. The molecule has 0 aliphatic carbocycles. The number of halogens is 2. The minimum Gasteiger partial charge on any atom is -0.340 e. The highest BCUT2D eigenvalue weighted by Crippen LogP contribution is 2.20. The summed E-state index contributed by atoms with van der Waals surface area (Å²) in [7, 11) is 0. The Morgan fingerprint density at radius 3 is 2.32 bits per heavy atom. The first-order valence-electron chi connectivity index (χ1n) is 8.28. The second kappa shape index (κ2) is 8.26. The summed E-state index contributed by atoms with van der Waals surface area (Å²) < 4.78 is 26.3. The average molecular weight is 382 g/mol. The summed E-state index contributed by atoms with van der Waals surface area (Å²) in [4.78, 5) is 27.7. The van der Waals surface area contributed by atoms with E-state index < -0.39 is 17.5 Å². The van der Waals surface area contributed by atoms with E-state index in [2.05, 4.69) is 20.9 Å². The predicted molar refractivity (Wildman–Crippen MR) is 103 cm³/mol. The molecular weight excluding hydrogens is 366 g/mol. The van der Waals surface area contributed by atoms with Crippen LogP contribution in [0.15, 0.2) is 60.8 Å². The van der Waals surface area contributed by atoms with Gasteiger partial charge in [0, 0.05) is 41.8 Å². The van der Waals surface area contributed by atoms with E-state index in [0.717, 1.165) is 12.1 Å². The van der Waals surface area contributed by atoms with Gasteiger partial charge in [-0.2, -0.15) is 0 Å². The molecule has 1 aromatic heterocycles. The first kappa shape index (κ1) is 19.0. The molecule has 28 heavy (non-hydrogen) atoms. The zero-order chi connectivity index (χ0) is 20.1. The van der Waals surface area contributed by atoms with Crippen molar-refractivity contribution >= 4 is 34.7 Å². The van der Waals surface area contributed by atoms with Gasteiger partial charge < -0.3 is 16.0 Å². The molecule has 0 radical (unpaired) electrons. The molecule has 0 unspecified atom stereocenters. The fraction of sp³-hybridized carbons (Fsp3) is 0.0500. The molecule has 0 aliphatic heterocycles. The average Bonchev–Trinajstić information content (AvgIpc) is 2.65. The fourth-order valence-corrected chi connectivity index (χ4v) is 2.44. The number of benzene rings is 2. The molecule has 0 saturated carbocycles. The number of hydrogen-bond acceptors (Lipinski definition) is 4. The molecular formula is C20H16F2N4O2. The molecule has 142 valence electrons. The van der Waals surface area contributed by atoms with Crippen LogP contribution in [0.3, 0.4) is 0 Å². The third-order valence-corrected chi connectivity index (χ3v) is 3.65. The number of carbonyl (C=O) groups excluding carboxylic acids is 2. The first-order chi connectivity index (χ1) is 13.4. The quantitative estimate of drug-likeness (QED) is 0.614. The minimum absolute atomic E-state index is 0.217. The molecule has 6 nitrogen and oxygen atoms in total. The van der Waals surface area contributed by atoms with Crippen molar-refractivity contribution in [1.82, 2.24) is 4.98 Å². The molecule has 1 heterocycles. The number of aromatic nitrogens is 1. The lowest BCUT2D eigenvalue weighted by atomic mass is 10.2. The summed E-state index contributed by atoms with van der Waals surface area (Å²) in [5.41, 5.74) is 1.67. The monoisotopic (exact) mass is 382 g/mol. The summed E-state index contributed by atoms with van der Waals surface area (Å²) in [6, 6.07) is 13.1. The van der Waals surface area contributed by atoms with Crippen molar-refractivity contribution in [3.63, 3.8) is 0 Å². The fourth-order valence-electron chi connectivity index (χ4n) is 2.44. The van der Waals surface area contributed by atoms with E-state index in [1.165, 1.54) is 31.3 Å². The van der Waals surface area contributed by atoms with Crippen LogP contribution in [0.4, 0.5) is 31.7 Å². The molecule has 3 rings (SSSR count). The van der Waals surface area contributed by atoms with E-state index in [-0.39, 0.29) is 5.91 Å². The molecule has 8 heteroatoms. The molecule has 3 N–H and O–H groups in total. The Balaban J connectivity index is 1.73. The van der Waals surface area contributed by atoms with Gasteiger partial charge in [0.15, 0.2) is 11.6 Å². The third-order valence-electron chi connectivity index (χ3n) is 3.65. The van der Waals surface area contributed by atoms with Gasteiger partial charge in [-0.1, -0.05) is 6.07 Å². The number of pyridine rings is 1. The highest BCUT2D eigenvalue weighted by Gasteiger charge is 2.09. The van der Waals surface area contributed by atoms with Crippen LogP contribution >= 0.6 is 0 Å². The molecule has 0 saturated heterocycles. The lowest BCUT2D eigenvalue weighted by Gasteiger charge is -2.10. The second-order valence-electron chi connectivity index (χ2n) is 5.90. The van der Waals surface area contributed by atoms with E-state index in [4.69, 9.17) is 0 Å². The standard InChI is InChI=1S/C20H16F2N4O2/c1-12(27)24-14-3-2-4-15(10-14)26-20(28)13-7-8-23-19(9-13)25-16-5-6-17(21)18(22)11-16/h2-11H,1H3,(H,23,25)(H,24,27)(H,26,28). The number of hydrogen-bond donors (Lipinski definition) is 3. The van der Waals surface area contributed by atoms with Crippen molar-refractivity contribution in [2.24, 2.45) is 0 Å². The molecule has 0 spiro atoms. The number of rotatable bonds is 5. The van der Waals surface area contributed by atoms with Crippen molar-refractivity contribution in [2.45, 2.75) is 6.92 Å². The molecule has 2 aromatic carbocycles. The van der Waals surface area contributed by atoms with Gasteiger partial charge in [-0.05, 0) is 42.5 Å². The van der Waals surface area contributed by atoms with Crippen LogP contribution in [0.5, 0.6) is 0 Å². The van der Waals surface area contributed by atoms with E-state index in [0.29, 0.717) is 28.4 Å². The maximum atomic E-state index is 13.3. The second-order valence-corrected chi connectivity index (χ2v) is 5.90. The maximum absolute atomic E-state index is 13.3. The van der Waals surface area contributed by atoms with Crippen LogP contribution in [0, 0.1) is 11.6 Å². The van der Waals surface area contributed by atoms with Gasteiger partial charge in [-0.3, -0.25) is 9.59 Å². The van der Waals surface area contributed by atoms with Crippen LogP contribution in [-0.2, 0) is 4.79 Å². The largest absolute Gasteiger partial charge is 0.340 e. The zero-order valence-electron chi connectivity index (χ0n) is 14.8. The van der Waals surface area contributed by atoms with Crippen molar-refractivity contribution in [2.75, 3.05) is 16.0 Å². The van der Waals surface area contributed by atoms with E-state index in [9.17, 15) is 18.4 Å². The van der Waals surface area contributed by atoms with Crippen LogP contribution in [0.2, 0.25) is 0 Å². The topological polar surface area (TPSA) is 83.1 Å². The summed E-state index contributed by atoms with van der Waals surface area (Å²) in [6.07, 6.45) is 1.42. The van der Waals surface area contributed by atoms with Crippen molar-refractivity contribution in [3.05, 3.63) is 78.0 Å². The molecule has 0 aliphatic rings. The Morgan fingerprint density at radius 2 is 1.61 bits per heavy atom. The van der Waals surface area contributed by atoms with Crippen molar-refractivity contribution in [3.8, 4) is 0 Å². The Bertz CT molecular complexity index is 1040. The van der Waals surface area contributed by atoms with Crippen LogP contribution in [0.1, 0.15) is 17.3 Å². The summed E-state index contributed by atoms with van der Waals surface area (Å²) >= 11 is 0. The highest BCUT2D eigenvalue weighted by atomic mass is 19.2.